The van der Waals surface area contributed by atoms with Gasteiger partial charge in [0.15, 0.2) is 0 Å². The van der Waals surface area contributed by atoms with E-state index in [1.807, 2.05) is 0 Å². The average Bonchev–Trinajstić information content (AvgIpc) is 2.56. The van der Waals surface area contributed by atoms with E-state index in [9.17, 15) is 9.18 Å². The molecule has 136 valence electrons. The Hall–Kier alpha value is -1.50. The number of hydrogen-bond donors (Lipinski definition) is 1. The molecule has 0 saturated carbocycles. The third-order valence-electron chi connectivity index (χ3n) is 3.98. The highest BCUT2D eigenvalue weighted by Gasteiger charge is 2.16. The summed E-state index contributed by atoms with van der Waals surface area (Å²) >= 11 is 0. The van der Waals surface area contributed by atoms with Gasteiger partial charge in [0.2, 0.25) is 0 Å². The van der Waals surface area contributed by atoms with E-state index in [1.165, 1.54) is 12.1 Å². The number of nitrogens with zero attached hydrogens (tertiary/aromatic N) is 1. The minimum Gasteiger partial charge on any atom is -0.382 e. The Bertz CT molecular complexity index is 523. The van der Waals surface area contributed by atoms with Gasteiger partial charge < -0.3 is 20.1 Å². The van der Waals surface area contributed by atoms with Gasteiger partial charge >= 0.3 is 0 Å². The maximum absolute atomic E-state index is 13.8. The van der Waals surface area contributed by atoms with Gasteiger partial charge in [0.1, 0.15) is 5.82 Å². The third-order valence-corrected chi connectivity index (χ3v) is 3.98. The van der Waals surface area contributed by atoms with Gasteiger partial charge in [-0.05, 0) is 30.5 Å². The quantitative estimate of drug-likeness (QED) is 0.665. The van der Waals surface area contributed by atoms with Gasteiger partial charge in [-0.2, -0.15) is 0 Å². The van der Waals surface area contributed by atoms with E-state index in [4.69, 9.17) is 15.2 Å². The summed E-state index contributed by atoms with van der Waals surface area (Å²) in [4.78, 5) is 14.1. The smallest absolute Gasteiger partial charge is 0.253 e. The summed E-state index contributed by atoms with van der Waals surface area (Å²) in [5, 5.41) is 0. The van der Waals surface area contributed by atoms with Gasteiger partial charge in [-0.3, -0.25) is 4.79 Å². The van der Waals surface area contributed by atoms with Crippen molar-refractivity contribution in [2.45, 2.75) is 32.9 Å². The molecule has 0 radical (unpaired) electrons. The number of ether oxygens (including phenoxy) is 2. The summed E-state index contributed by atoms with van der Waals surface area (Å²) in [6.45, 7) is 5.61. The van der Waals surface area contributed by atoms with Crippen LogP contribution in [0.2, 0.25) is 0 Å². The fourth-order valence-electron chi connectivity index (χ4n) is 2.14. The number of benzene rings is 1. The molecule has 2 N–H and O–H groups in total. The first-order chi connectivity index (χ1) is 11.4. The minimum absolute atomic E-state index is 0.0539. The molecule has 6 heteroatoms. The standard InChI is InChI=1S/C18H29FN2O3/c1-13(2)17(20)7-8-21(3)18(22)14-5-6-16(19)15(11-14)12-24-10-9-23-4/h5-6,11,13,17H,7-10,12,20H2,1-4H3. The summed E-state index contributed by atoms with van der Waals surface area (Å²) in [5.41, 5.74) is 6.82. The second kappa shape index (κ2) is 10.4. The molecule has 5 nitrogen and oxygen atoms in total. The lowest BCUT2D eigenvalue weighted by molar-refractivity contribution is 0.0603. The average molecular weight is 340 g/mol. The molecule has 1 unspecified atom stereocenters. The van der Waals surface area contributed by atoms with E-state index in [0.717, 1.165) is 6.42 Å². The number of carbonyl (C=O) groups is 1. The molecule has 0 aromatic heterocycles. The molecule has 1 atom stereocenters. The van der Waals surface area contributed by atoms with Gasteiger partial charge in [0.05, 0.1) is 19.8 Å². The van der Waals surface area contributed by atoms with Gasteiger partial charge in [-0.15, -0.1) is 0 Å². The van der Waals surface area contributed by atoms with Gasteiger partial charge in [0.25, 0.3) is 5.91 Å². The monoisotopic (exact) mass is 340 g/mol. The van der Waals surface area contributed by atoms with Crippen LogP contribution in [-0.4, -0.2) is 50.8 Å². The van der Waals surface area contributed by atoms with Gasteiger partial charge in [-0.25, -0.2) is 4.39 Å². The van der Waals surface area contributed by atoms with Gasteiger partial charge in [0, 0.05) is 37.9 Å². The lowest BCUT2D eigenvalue weighted by Gasteiger charge is -2.22. The second-order valence-electron chi connectivity index (χ2n) is 6.27. The van der Waals surface area contributed by atoms with Crippen molar-refractivity contribution in [3.63, 3.8) is 0 Å². The van der Waals surface area contributed by atoms with Crippen LogP contribution in [0, 0.1) is 11.7 Å². The van der Waals surface area contributed by atoms with Crippen LogP contribution in [0.25, 0.3) is 0 Å². The Morgan fingerprint density at radius 1 is 1.33 bits per heavy atom. The van der Waals surface area contributed by atoms with Gasteiger partial charge in [-0.1, -0.05) is 13.8 Å². The SMILES string of the molecule is COCCOCc1cc(C(=O)N(C)CCC(N)C(C)C)ccc1F. The molecule has 0 spiro atoms. The molecule has 0 aliphatic heterocycles. The Morgan fingerprint density at radius 2 is 2.04 bits per heavy atom. The molecule has 1 amide bonds. The number of hydrogen-bond acceptors (Lipinski definition) is 4. The van der Waals surface area contributed by atoms with Crippen LogP contribution in [-0.2, 0) is 16.1 Å². The predicted octanol–water partition coefficient (Wildman–Crippen LogP) is 2.43. The molecule has 0 saturated heterocycles. The van der Waals surface area contributed by atoms with Crippen molar-refractivity contribution < 1.29 is 18.7 Å². The lowest BCUT2D eigenvalue weighted by atomic mass is 10.0. The number of halogens is 1. The topological polar surface area (TPSA) is 64.8 Å². The zero-order valence-corrected chi connectivity index (χ0v) is 15.0. The molecule has 24 heavy (non-hydrogen) atoms. The normalized spacial score (nSPS) is 12.5. The molecule has 0 aliphatic rings. The van der Waals surface area contributed by atoms with Crippen molar-refractivity contribution in [3.8, 4) is 0 Å². The first-order valence-corrected chi connectivity index (χ1v) is 8.23. The fraction of sp³-hybridized carbons (Fsp3) is 0.611. The number of rotatable bonds is 10. The number of methoxy groups -OCH3 is 1. The van der Waals surface area contributed by atoms with Crippen molar-refractivity contribution in [1.29, 1.82) is 0 Å². The Kier molecular flexibility index (Phi) is 8.89. The fourth-order valence-corrected chi connectivity index (χ4v) is 2.14. The molecular formula is C18H29FN2O3. The predicted molar refractivity (Wildman–Crippen MR) is 92.3 cm³/mol. The largest absolute Gasteiger partial charge is 0.382 e. The van der Waals surface area contributed by atoms with E-state index < -0.39 is 0 Å². The van der Waals surface area contributed by atoms with Crippen molar-refractivity contribution in [2.24, 2.45) is 11.7 Å². The van der Waals surface area contributed by atoms with Crippen molar-refractivity contribution in [2.75, 3.05) is 33.9 Å². The summed E-state index contributed by atoms with van der Waals surface area (Å²) in [6.07, 6.45) is 0.730. The van der Waals surface area contributed by atoms with Crippen LogP contribution in [0.1, 0.15) is 36.2 Å². The first-order valence-electron chi connectivity index (χ1n) is 8.23. The van der Waals surface area contributed by atoms with Crippen LogP contribution in [0.3, 0.4) is 0 Å². The molecule has 1 aromatic rings. The van der Waals surface area contributed by atoms with E-state index >= 15 is 0 Å². The summed E-state index contributed by atoms with van der Waals surface area (Å²) in [7, 11) is 3.30. The number of amides is 1. The first kappa shape index (κ1) is 20.5. The zero-order chi connectivity index (χ0) is 18.1. The summed E-state index contributed by atoms with van der Waals surface area (Å²) in [6, 6.07) is 4.40. The molecule has 0 fully saturated rings. The van der Waals surface area contributed by atoms with Crippen LogP contribution < -0.4 is 5.73 Å². The third kappa shape index (κ3) is 6.55. The number of nitrogens with two attached hydrogens (primary N) is 1. The maximum atomic E-state index is 13.8. The molecule has 0 aliphatic carbocycles. The molecule has 1 aromatic carbocycles. The van der Waals surface area contributed by atoms with Crippen LogP contribution in [0.15, 0.2) is 18.2 Å². The highest BCUT2D eigenvalue weighted by Crippen LogP contribution is 2.14. The van der Waals surface area contributed by atoms with Crippen LogP contribution in [0.5, 0.6) is 0 Å². The maximum Gasteiger partial charge on any atom is 0.253 e. The Balaban J connectivity index is 2.66. The molecule has 0 heterocycles. The minimum atomic E-state index is -0.381. The molecule has 0 bridgehead atoms. The zero-order valence-electron chi connectivity index (χ0n) is 15.0. The van der Waals surface area contributed by atoms with E-state index in [2.05, 4.69) is 13.8 Å². The summed E-state index contributed by atoms with van der Waals surface area (Å²) < 4.78 is 24.0. The van der Waals surface area contributed by atoms with Crippen molar-refractivity contribution in [1.82, 2.24) is 4.90 Å². The summed E-state index contributed by atoms with van der Waals surface area (Å²) in [5.74, 6) is -0.160. The van der Waals surface area contributed by atoms with Crippen LogP contribution >= 0.6 is 0 Å². The van der Waals surface area contributed by atoms with Crippen LogP contribution in [0.4, 0.5) is 4.39 Å². The van der Waals surface area contributed by atoms with E-state index in [-0.39, 0.29) is 24.4 Å². The molecular weight excluding hydrogens is 311 g/mol. The Morgan fingerprint density at radius 3 is 2.67 bits per heavy atom. The molecule has 1 rings (SSSR count). The van der Waals surface area contributed by atoms with E-state index in [1.54, 1.807) is 25.1 Å². The highest BCUT2D eigenvalue weighted by molar-refractivity contribution is 5.94. The number of carbonyl (C=O) groups excluding carboxylic acids is 1. The lowest BCUT2D eigenvalue weighted by Crippen LogP contribution is -2.34. The van der Waals surface area contributed by atoms with Crippen molar-refractivity contribution in [3.05, 3.63) is 35.1 Å². The Labute approximate surface area is 143 Å². The van der Waals surface area contributed by atoms with E-state index in [0.29, 0.717) is 36.8 Å². The van der Waals surface area contributed by atoms with Crippen molar-refractivity contribution >= 4 is 5.91 Å². The highest BCUT2D eigenvalue weighted by atomic mass is 19.1. The second-order valence-corrected chi connectivity index (χ2v) is 6.27.